The molecule has 0 bridgehead atoms. The van der Waals surface area contributed by atoms with E-state index in [0.29, 0.717) is 17.5 Å². The van der Waals surface area contributed by atoms with Crippen molar-refractivity contribution in [1.29, 1.82) is 0 Å². The van der Waals surface area contributed by atoms with Crippen molar-refractivity contribution in [3.63, 3.8) is 0 Å². The second kappa shape index (κ2) is 16.9. The molecular weight excluding hydrogens is 376 g/mol. The average Bonchev–Trinajstić information content (AvgIpc) is 2.75. The second-order valence-electron chi connectivity index (χ2n) is 8.35. The highest BCUT2D eigenvalue weighted by atomic mass is 16.5. The highest BCUT2D eigenvalue weighted by Crippen LogP contribution is 2.27. The summed E-state index contributed by atoms with van der Waals surface area (Å²) in [5, 5.41) is 9.66. The summed E-state index contributed by atoms with van der Waals surface area (Å²) in [7, 11) is 1.32. The molecule has 0 fully saturated rings. The summed E-state index contributed by atoms with van der Waals surface area (Å²) in [5.74, 6) is -2.00. The number of ether oxygens (including phenoxy) is 1. The average molecular weight is 419 g/mol. The lowest BCUT2D eigenvalue weighted by Gasteiger charge is -2.16. The van der Waals surface area contributed by atoms with Gasteiger partial charge in [0.2, 0.25) is 0 Å². The quantitative estimate of drug-likeness (QED) is 0.198. The summed E-state index contributed by atoms with van der Waals surface area (Å²) in [6, 6.07) is 6.89. The molecule has 0 aliphatic heterocycles. The number of benzene rings is 1. The molecule has 170 valence electrons. The Hall–Kier alpha value is -1.84. The van der Waals surface area contributed by atoms with Crippen molar-refractivity contribution in [3.8, 4) is 0 Å². The molecule has 1 rings (SSSR count). The molecule has 1 aromatic carbocycles. The van der Waals surface area contributed by atoms with E-state index >= 15 is 0 Å². The number of carbonyl (C=O) groups excluding carboxylic acids is 1. The highest BCUT2D eigenvalue weighted by molar-refractivity contribution is 5.93. The van der Waals surface area contributed by atoms with Gasteiger partial charge < -0.3 is 9.84 Å². The van der Waals surface area contributed by atoms with E-state index in [1.165, 1.54) is 77.7 Å². The van der Waals surface area contributed by atoms with Crippen LogP contribution in [-0.4, -0.2) is 24.2 Å². The Bertz CT molecular complexity index is 596. The van der Waals surface area contributed by atoms with Gasteiger partial charge in [0.15, 0.2) is 0 Å². The number of aliphatic carboxylic acids is 1. The number of carboxylic acids is 1. The van der Waals surface area contributed by atoms with E-state index in [0.717, 1.165) is 19.3 Å². The van der Waals surface area contributed by atoms with Gasteiger partial charge in [0.25, 0.3) is 0 Å². The van der Waals surface area contributed by atoms with Crippen LogP contribution in [0.1, 0.15) is 125 Å². The van der Waals surface area contributed by atoms with E-state index in [1.54, 1.807) is 24.3 Å². The standard InChI is InChI=1S/C26H42O4/c1-3-4-5-6-7-8-9-10-11-12-13-14-15-16-20-23(25(27)28)22-19-17-18-21-24(22)26(29)30-2/h17-19,21,23H,3-16,20H2,1-2H3,(H,27,28). The first kappa shape index (κ1) is 26.2. The van der Waals surface area contributed by atoms with Gasteiger partial charge in [0, 0.05) is 0 Å². The number of carbonyl (C=O) groups is 2. The minimum absolute atomic E-state index is 0.359. The van der Waals surface area contributed by atoms with E-state index in [2.05, 4.69) is 6.92 Å². The molecule has 30 heavy (non-hydrogen) atoms. The molecule has 0 aromatic heterocycles. The molecule has 1 atom stereocenters. The summed E-state index contributed by atoms with van der Waals surface area (Å²) in [6.45, 7) is 2.26. The number of hydrogen-bond donors (Lipinski definition) is 1. The van der Waals surface area contributed by atoms with Gasteiger partial charge in [-0.1, -0.05) is 115 Å². The molecule has 0 aliphatic carbocycles. The summed E-state index contributed by atoms with van der Waals surface area (Å²) >= 11 is 0. The highest BCUT2D eigenvalue weighted by Gasteiger charge is 2.24. The Labute approximate surface area is 183 Å². The Kier molecular flexibility index (Phi) is 14.8. The Balaban J connectivity index is 2.18. The lowest BCUT2D eigenvalue weighted by Crippen LogP contribution is -2.16. The third-order valence-corrected chi connectivity index (χ3v) is 5.89. The number of methoxy groups -OCH3 is 1. The third-order valence-electron chi connectivity index (χ3n) is 5.89. The largest absolute Gasteiger partial charge is 0.481 e. The molecular formula is C26H42O4. The molecule has 0 saturated heterocycles. The Morgan fingerprint density at radius 1 is 0.800 bits per heavy atom. The van der Waals surface area contributed by atoms with Crippen LogP contribution in [0.2, 0.25) is 0 Å². The van der Waals surface area contributed by atoms with E-state index in [4.69, 9.17) is 4.74 Å². The molecule has 0 saturated carbocycles. The lowest BCUT2D eigenvalue weighted by atomic mass is 9.89. The fraction of sp³-hybridized carbons (Fsp3) is 0.692. The van der Waals surface area contributed by atoms with Crippen molar-refractivity contribution < 1.29 is 19.4 Å². The minimum atomic E-state index is -0.874. The molecule has 4 heteroatoms. The molecule has 1 N–H and O–H groups in total. The van der Waals surface area contributed by atoms with Crippen LogP contribution in [0.3, 0.4) is 0 Å². The molecule has 0 aliphatic rings. The first-order valence-electron chi connectivity index (χ1n) is 12.0. The zero-order valence-corrected chi connectivity index (χ0v) is 19.2. The van der Waals surface area contributed by atoms with Crippen molar-refractivity contribution >= 4 is 11.9 Å². The first-order valence-corrected chi connectivity index (χ1v) is 12.0. The van der Waals surface area contributed by atoms with Crippen LogP contribution in [-0.2, 0) is 9.53 Å². The molecule has 4 nitrogen and oxygen atoms in total. The minimum Gasteiger partial charge on any atom is -0.481 e. The van der Waals surface area contributed by atoms with Gasteiger partial charge in [0.1, 0.15) is 0 Å². The van der Waals surface area contributed by atoms with Crippen LogP contribution in [0.25, 0.3) is 0 Å². The Morgan fingerprint density at radius 2 is 1.27 bits per heavy atom. The van der Waals surface area contributed by atoms with Crippen LogP contribution < -0.4 is 0 Å². The maximum absolute atomic E-state index is 11.9. The van der Waals surface area contributed by atoms with E-state index in [1.807, 2.05) is 0 Å². The van der Waals surface area contributed by atoms with Crippen molar-refractivity contribution in [1.82, 2.24) is 0 Å². The fourth-order valence-corrected chi connectivity index (χ4v) is 4.05. The molecule has 0 radical (unpaired) electrons. The van der Waals surface area contributed by atoms with Gasteiger partial charge in [-0.2, -0.15) is 0 Å². The molecule has 0 amide bonds. The zero-order chi connectivity index (χ0) is 22.0. The first-order chi connectivity index (χ1) is 14.6. The second-order valence-corrected chi connectivity index (χ2v) is 8.35. The van der Waals surface area contributed by atoms with Gasteiger partial charge in [-0.3, -0.25) is 4.79 Å². The van der Waals surface area contributed by atoms with Crippen molar-refractivity contribution in [2.24, 2.45) is 0 Å². The fourth-order valence-electron chi connectivity index (χ4n) is 4.05. The molecule has 0 heterocycles. The van der Waals surface area contributed by atoms with Crippen LogP contribution >= 0.6 is 0 Å². The monoisotopic (exact) mass is 418 g/mol. The summed E-state index contributed by atoms with van der Waals surface area (Å²) < 4.78 is 4.80. The lowest BCUT2D eigenvalue weighted by molar-refractivity contribution is -0.139. The van der Waals surface area contributed by atoms with Gasteiger partial charge in [-0.25, -0.2) is 4.79 Å². The van der Waals surface area contributed by atoms with Gasteiger partial charge in [-0.15, -0.1) is 0 Å². The summed E-state index contributed by atoms with van der Waals surface area (Å²) in [5.41, 5.74) is 0.921. The van der Waals surface area contributed by atoms with Crippen LogP contribution in [0.4, 0.5) is 0 Å². The van der Waals surface area contributed by atoms with Crippen LogP contribution in [0.15, 0.2) is 24.3 Å². The van der Waals surface area contributed by atoms with Gasteiger partial charge >= 0.3 is 11.9 Å². The summed E-state index contributed by atoms with van der Waals surface area (Å²) in [4.78, 5) is 23.7. The normalized spacial score (nSPS) is 11.9. The van der Waals surface area contributed by atoms with E-state index in [-0.39, 0.29) is 0 Å². The predicted octanol–water partition coefficient (Wildman–Crippen LogP) is 7.51. The van der Waals surface area contributed by atoms with Gasteiger partial charge in [0.05, 0.1) is 18.6 Å². The SMILES string of the molecule is CCCCCCCCCCCCCCCCC(C(=O)O)c1ccccc1C(=O)OC. The molecule has 0 spiro atoms. The predicted molar refractivity (Wildman–Crippen MR) is 123 cm³/mol. The number of carboxylic acid groups (broad SMARTS) is 1. The zero-order valence-electron chi connectivity index (χ0n) is 19.2. The van der Waals surface area contributed by atoms with Crippen molar-refractivity contribution in [2.75, 3.05) is 7.11 Å². The smallest absolute Gasteiger partial charge is 0.338 e. The summed E-state index contributed by atoms with van der Waals surface area (Å²) in [6.07, 6.45) is 18.4. The van der Waals surface area contributed by atoms with Gasteiger partial charge in [-0.05, 0) is 18.1 Å². The number of unbranched alkanes of at least 4 members (excludes halogenated alkanes) is 13. The molecule has 1 unspecified atom stereocenters. The number of rotatable bonds is 18. The van der Waals surface area contributed by atoms with E-state index < -0.39 is 17.9 Å². The van der Waals surface area contributed by atoms with E-state index in [9.17, 15) is 14.7 Å². The van der Waals surface area contributed by atoms with Crippen molar-refractivity contribution in [3.05, 3.63) is 35.4 Å². The number of hydrogen-bond acceptors (Lipinski definition) is 3. The van der Waals surface area contributed by atoms with Crippen molar-refractivity contribution in [2.45, 2.75) is 109 Å². The number of esters is 1. The van der Waals surface area contributed by atoms with Crippen LogP contribution in [0.5, 0.6) is 0 Å². The Morgan fingerprint density at radius 3 is 1.73 bits per heavy atom. The molecule has 1 aromatic rings. The topological polar surface area (TPSA) is 63.6 Å². The maximum Gasteiger partial charge on any atom is 0.338 e. The third kappa shape index (κ3) is 10.8. The maximum atomic E-state index is 11.9. The van der Waals surface area contributed by atoms with Crippen LogP contribution in [0, 0.1) is 0 Å².